The first-order valence-corrected chi connectivity index (χ1v) is 6.99. The first kappa shape index (κ1) is 12.9. The Labute approximate surface area is 119 Å². The maximum atomic E-state index is 4.44. The third kappa shape index (κ3) is 1.87. The van der Waals surface area contributed by atoms with Gasteiger partial charge in [0.1, 0.15) is 0 Å². The molecule has 3 nitrogen and oxygen atoms in total. The van der Waals surface area contributed by atoms with Crippen molar-refractivity contribution in [3.05, 3.63) is 35.7 Å². The maximum Gasteiger partial charge on any atom is 0.0690 e. The average molecular weight is 278 g/mol. The van der Waals surface area contributed by atoms with E-state index in [2.05, 4.69) is 35.7 Å². The molecule has 2 unspecified atom stereocenters. The minimum Gasteiger partial charge on any atom is -0.305 e. The average Bonchev–Trinajstić information content (AvgIpc) is 2.92. The summed E-state index contributed by atoms with van der Waals surface area (Å²) < 4.78 is 2.03. The van der Waals surface area contributed by atoms with Crippen LogP contribution < -0.4 is 5.32 Å². The van der Waals surface area contributed by atoms with Crippen molar-refractivity contribution in [2.24, 2.45) is 0 Å². The molecule has 2 aromatic rings. The first-order valence-electron chi connectivity index (χ1n) is 6.99. The molecule has 2 bridgehead atoms. The summed E-state index contributed by atoms with van der Waals surface area (Å²) in [6.45, 7) is 2.12. The molecule has 0 aliphatic carbocycles. The number of piperidine rings is 1. The van der Waals surface area contributed by atoms with Gasteiger partial charge in [0, 0.05) is 17.8 Å². The van der Waals surface area contributed by atoms with Crippen molar-refractivity contribution in [1.82, 2.24) is 14.9 Å². The van der Waals surface area contributed by atoms with E-state index in [0.29, 0.717) is 0 Å². The van der Waals surface area contributed by atoms with Crippen molar-refractivity contribution < 1.29 is 0 Å². The molecule has 0 radical (unpaired) electrons. The molecule has 0 spiro atoms. The van der Waals surface area contributed by atoms with Crippen LogP contribution in [-0.2, 0) is 5.54 Å². The van der Waals surface area contributed by atoms with E-state index in [9.17, 15) is 0 Å². The largest absolute Gasteiger partial charge is 0.305 e. The van der Waals surface area contributed by atoms with E-state index in [1.807, 2.05) is 10.7 Å². The standard InChI is InChI=1S/C15H19N3.ClH/c1-11-9-16-18-10-12(4-5-14(11)18)15-7-2-3-13(17-15)6-8-15;/h4-5,9-10,13,17H,2-3,6-8H2,1H3;1H. The second kappa shape index (κ2) is 4.50. The number of aromatic nitrogens is 2. The van der Waals surface area contributed by atoms with Gasteiger partial charge in [-0.1, -0.05) is 6.07 Å². The lowest BCUT2D eigenvalue weighted by Crippen LogP contribution is -2.44. The van der Waals surface area contributed by atoms with Crippen LogP contribution in [-0.4, -0.2) is 15.7 Å². The minimum absolute atomic E-state index is 0. The summed E-state index contributed by atoms with van der Waals surface area (Å²) in [6.07, 6.45) is 10.8. The van der Waals surface area contributed by atoms with E-state index < -0.39 is 0 Å². The van der Waals surface area contributed by atoms with Gasteiger partial charge in [-0.25, -0.2) is 4.52 Å². The van der Waals surface area contributed by atoms with E-state index in [0.717, 1.165) is 6.04 Å². The van der Waals surface area contributed by atoms with Gasteiger partial charge < -0.3 is 5.32 Å². The van der Waals surface area contributed by atoms with E-state index in [-0.39, 0.29) is 17.9 Å². The number of halogens is 1. The van der Waals surface area contributed by atoms with E-state index >= 15 is 0 Å². The number of rotatable bonds is 1. The second-order valence-electron chi connectivity index (χ2n) is 5.93. The Morgan fingerprint density at radius 2 is 2.21 bits per heavy atom. The van der Waals surface area contributed by atoms with Crippen molar-refractivity contribution >= 4 is 17.9 Å². The molecule has 2 aromatic heterocycles. The van der Waals surface area contributed by atoms with Crippen molar-refractivity contribution in [2.75, 3.05) is 0 Å². The molecule has 0 aromatic carbocycles. The van der Waals surface area contributed by atoms with Crippen molar-refractivity contribution in [1.29, 1.82) is 0 Å². The summed E-state index contributed by atoms with van der Waals surface area (Å²) in [5.74, 6) is 0. The van der Waals surface area contributed by atoms with Crippen LogP contribution in [0.15, 0.2) is 24.5 Å². The molecule has 0 saturated carbocycles. The van der Waals surface area contributed by atoms with Gasteiger partial charge in [0.05, 0.1) is 11.7 Å². The molecule has 19 heavy (non-hydrogen) atoms. The third-order valence-corrected chi connectivity index (χ3v) is 4.82. The van der Waals surface area contributed by atoms with Gasteiger partial charge in [-0.3, -0.25) is 0 Å². The Balaban J connectivity index is 0.00000110. The summed E-state index contributed by atoms with van der Waals surface area (Å²) in [6, 6.07) is 5.26. The van der Waals surface area contributed by atoms with Crippen LogP contribution in [0.2, 0.25) is 0 Å². The normalized spacial score (nSPS) is 29.4. The highest BCUT2D eigenvalue weighted by molar-refractivity contribution is 5.85. The van der Waals surface area contributed by atoms with Crippen LogP contribution in [0.25, 0.3) is 5.52 Å². The number of pyridine rings is 1. The van der Waals surface area contributed by atoms with Gasteiger partial charge in [-0.05, 0) is 56.2 Å². The lowest BCUT2D eigenvalue weighted by molar-refractivity contribution is 0.279. The Hall–Kier alpha value is -1.06. The van der Waals surface area contributed by atoms with Crippen LogP contribution in [0.3, 0.4) is 0 Å². The highest BCUT2D eigenvalue weighted by atomic mass is 35.5. The fourth-order valence-electron chi connectivity index (χ4n) is 3.79. The molecular formula is C15H20ClN3. The van der Waals surface area contributed by atoms with Crippen LogP contribution >= 0.6 is 12.4 Å². The molecule has 1 N–H and O–H groups in total. The van der Waals surface area contributed by atoms with E-state index in [1.165, 1.54) is 48.7 Å². The lowest BCUT2D eigenvalue weighted by atomic mass is 9.84. The van der Waals surface area contributed by atoms with Crippen LogP contribution in [0.5, 0.6) is 0 Å². The molecule has 102 valence electrons. The van der Waals surface area contributed by atoms with Crippen molar-refractivity contribution in [3.63, 3.8) is 0 Å². The van der Waals surface area contributed by atoms with Gasteiger partial charge >= 0.3 is 0 Å². The van der Waals surface area contributed by atoms with Gasteiger partial charge in [0.25, 0.3) is 0 Å². The molecule has 2 saturated heterocycles. The molecule has 2 aliphatic rings. The summed E-state index contributed by atoms with van der Waals surface area (Å²) in [5.41, 5.74) is 4.12. The Morgan fingerprint density at radius 3 is 3.11 bits per heavy atom. The smallest absolute Gasteiger partial charge is 0.0690 e. The molecular weight excluding hydrogens is 258 g/mol. The number of nitrogens with zero attached hydrogens (tertiary/aromatic N) is 2. The molecule has 0 amide bonds. The first-order chi connectivity index (χ1) is 8.77. The topological polar surface area (TPSA) is 29.3 Å². The highest BCUT2D eigenvalue weighted by Gasteiger charge is 2.42. The van der Waals surface area contributed by atoms with Gasteiger partial charge in [0.15, 0.2) is 0 Å². The Bertz CT molecular complexity index is 602. The SMILES string of the molecule is Cc1cnn2cc(C34CCCC(CC3)N4)ccc12.Cl. The number of hydrogen-bond acceptors (Lipinski definition) is 2. The number of aryl methyl sites for hydroxylation is 1. The molecule has 2 atom stereocenters. The monoisotopic (exact) mass is 277 g/mol. The fourth-order valence-corrected chi connectivity index (χ4v) is 3.79. The number of nitrogens with one attached hydrogen (secondary N) is 1. The predicted octanol–water partition coefficient (Wildman–Crippen LogP) is 3.20. The molecule has 4 heterocycles. The van der Waals surface area contributed by atoms with Crippen LogP contribution in [0.1, 0.15) is 43.2 Å². The van der Waals surface area contributed by atoms with E-state index in [4.69, 9.17) is 0 Å². The quantitative estimate of drug-likeness (QED) is 0.867. The zero-order valence-electron chi connectivity index (χ0n) is 11.2. The van der Waals surface area contributed by atoms with Crippen LogP contribution in [0, 0.1) is 6.92 Å². The van der Waals surface area contributed by atoms with Crippen molar-refractivity contribution in [2.45, 2.75) is 50.6 Å². The van der Waals surface area contributed by atoms with Gasteiger partial charge in [-0.15, -0.1) is 12.4 Å². The molecule has 4 rings (SSSR count). The summed E-state index contributed by atoms with van der Waals surface area (Å²) in [7, 11) is 0. The van der Waals surface area contributed by atoms with Gasteiger partial charge in [-0.2, -0.15) is 5.10 Å². The zero-order valence-corrected chi connectivity index (χ0v) is 12.0. The summed E-state index contributed by atoms with van der Waals surface area (Å²) in [5, 5.41) is 8.29. The Kier molecular flexibility index (Phi) is 3.06. The molecule has 4 heteroatoms. The fraction of sp³-hybridized carbons (Fsp3) is 0.533. The number of hydrogen-bond donors (Lipinski definition) is 1. The molecule has 2 aliphatic heterocycles. The molecule has 2 fully saturated rings. The summed E-state index contributed by atoms with van der Waals surface area (Å²) in [4.78, 5) is 0. The summed E-state index contributed by atoms with van der Waals surface area (Å²) >= 11 is 0. The maximum absolute atomic E-state index is 4.44. The highest BCUT2D eigenvalue weighted by Crippen LogP contribution is 2.42. The van der Waals surface area contributed by atoms with Gasteiger partial charge in [0.2, 0.25) is 0 Å². The Morgan fingerprint density at radius 1 is 1.32 bits per heavy atom. The zero-order chi connectivity index (χ0) is 12.2. The third-order valence-electron chi connectivity index (χ3n) is 4.82. The van der Waals surface area contributed by atoms with E-state index in [1.54, 1.807) is 0 Å². The number of fused-ring (bicyclic) bond motifs is 3. The van der Waals surface area contributed by atoms with Crippen LogP contribution in [0.4, 0.5) is 0 Å². The minimum atomic E-state index is 0. The van der Waals surface area contributed by atoms with Crippen molar-refractivity contribution in [3.8, 4) is 0 Å². The second-order valence-corrected chi connectivity index (χ2v) is 5.93. The lowest BCUT2D eigenvalue weighted by Gasteiger charge is -2.35. The predicted molar refractivity (Wildman–Crippen MR) is 78.9 cm³/mol.